The highest BCUT2D eigenvalue weighted by molar-refractivity contribution is 5.95. The Balaban J connectivity index is 1.49. The van der Waals surface area contributed by atoms with Gasteiger partial charge in [0.2, 0.25) is 5.91 Å². The van der Waals surface area contributed by atoms with Gasteiger partial charge in [-0.25, -0.2) is 4.98 Å². The van der Waals surface area contributed by atoms with E-state index in [4.69, 9.17) is 4.98 Å². The van der Waals surface area contributed by atoms with Crippen LogP contribution >= 0.6 is 0 Å². The second-order valence-corrected chi connectivity index (χ2v) is 8.36. The third-order valence-corrected chi connectivity index (χ3v) is 6.17. The second-order valence-electron chi connectivity index (χ2n) is 8.36. The van der Waals surface area contributed by atoms with Crippen LogP contribution in [0.25, 0.3) is 11.0 Å². The fourth-order valence-electron chi connectivity index (χ4n) is 4.40. The topological polar surface area (TPSA) is 67.2 Å². The zero-order chi connectivity index (χ0) is 21.8. The zero-order valence-corrected chi connectivity index (χ0v) is 18.3. The number of benzene rings is 2. The summed E-state index contributed by atoms with van der Waals surface area (Å²) in [5, 5.41) is 3.00. The summed E-state index contributed by atoms with van der Waals surface area (Å²) in [5.41, 5.74) is 3.47. The number of nitrogens with one attached hydrogen (secondary N) is 1. The lowest BCUT2D eigenvalue weighted by atomic mass is 10.0. The van der Waals surface area contributed by atoms with E-state index in [2.05, 4.69) is 12.2 Å². The molecule has 6 nitrogen and oxygen atoms in total. The van der Waals surface area contributed by atoms with E-state index in [1.165, 1.54) is 6.42 Å². The predicted molar refractivity (Wildman–Crippen MR) is 122 cm³/mol. The summed E-state index contributed by atoms with van der Waals surface area (Å²) in [5.74, 6) is 0.879. The molecule has 1 aliphatic rings. The maximum atomic E-state index is 13.1. The van der Waals surface area contributed by atoms with Crippen LogP contribution in [0.3, 0.4) is 0 Å². The number of fused-ring (bicyclic) bond motifs is 1. The molecule has 0 saturated carbocycles. The van der Waals surface area contributed by atoms with Gasteiger partial charge in [-0.05, 0) is 56.9 Å². The number of aryl methyl sites for hydroxylation is 1. The van der Waals surface area contributed by atoms with Gasteiger partial charge in [-0.2, -0.15) is 0 Å². The average molecular weight is 419 g/mol. The van der Waals surface area contributed by atoms with Crippen LogP contribution in [-0.4, -0.2) is 45.4 Å². The standard InChI is InChI=1S/C25H30N4O2/c1-18-9-3-4-11-20(18)25(31)26-15-14-23-27-21-12-5-6-13-22(21)29(23)17-24(30)28-16-8-7-10-19(28)2/h3-6,9,11-13,19H,7-8,10,14-17H2,1-2H3,(H,26,31). The lowest BCUT2D eigenvalue weighted by Crippen LogP contribution is -2.43. The van der Waals surface area contributed by atoms with Crippen LogP contribution in [0.1, 0.15) is 47.9 Å². The van der Waals surface area contributed by atoms with Gasteiger partial charge in [0, 0.05) is 31.1 Å². The summed E-state index contributed by atoms with van der Waals surface area (Å²) in [6.45, 7) is 5.64. The lowest BCUT2D eigenvalue weighted by Gasteiger charge is -2.33. The Morgan fingerprint density at radius 2 is 1.87 bits per heavy atom. The van der Waals surface area contributed by atoms with Crippen molar-refractivity contribution in [1.29, 1.82) is 0 Å². The summed E-state index contributed by atoms with van der Waals surface area (Å²) in [4.78, 5) is 32.4. The highest BCUT2D eigenvalue weighted by Crippen LogP contribution is 2.20. The Kier molecular flexibility index (Phi) is 6.35. The van der Waals surface area contributed by atoms with Crippen LogP contribution in [0.4, 0.5) is 0 Å². The molecule has 0 bridgehead atoms. The molecule has 1 aliphatic heterocycles. The molecule has 1 unspecified atom stereocenters. The Morgan fingerprint density at radius 1 is 1.10 bits per heavy atom. The first-order valence-electron chi connectivity index (χ1n) is 11.1. The van der Waals surface area contributed by atoms with Gasteiger partial charge < -0.3 is 14.8 Å². The number of hydrogen-bond donors (Lipinski definition) is 1. The van der Waals surface area contributed by atoms with E-state index in [-0.39, 0.29) is 24.4 Å². The van der Waals surface area contributed by atoms with E-state index in [9.17, 15) is 9.59 Å². The van der Waals surface area contributed by atoms with Gasteiger partial charge in [0.1, 0.15) is 12.4 Å². The summed E-state index contributed by atoms with van der Waals surface area (Å²) >= 11 is 0. The highest BCUT2D eigenvalue weighted by atomic mass is 16.2. The quantitative estimate of drug-likeness (QED) is 0.663. The molecule has 2 aromatic carbocycles. The van der Waals surface area contributed by atoms with Crippen LogP contribution in [-0.2, 0) is 17.8 Å². The first-order chi connectivity index (χ1) is 15.0. The van der Waals surface area contributed by atoms with Crippen molar-refractivity contribution in [3.8, 4) is 0 Å². The number of piperidine rings is 1. The maximum Gasteiger partial charge on any atom is 0.251 e. The third-order valence-electron chi connectivity index (χ3n) is 6.17. The molecule has 4 rings (SSSR count). The normalized spacial score (nSPS) is 16.5. The molecule has 3 aromatic rings. The van der Waals surface area contributed by atoms with Crippen LogP contribution in [0.15, 0.2) is 48.5 Å². The van der Waals surface area contributed by atoms with Gasteiger partial charge in [0.15, 0.2) is 0 Å². The summed E-state index contributed by atoms with van der Waals surface area (Å²) in [6, 6.07) is 15.7. The number of likely N-dealkylation sites (tertiary alicyclic amines) is 1. The number of amides is 2. The van der Waals surface area contributed by atoms with Crippen molar-refractivity contribution in [3.63, 3.8) is 0 Å². The largest absolute Gasteiger partial charge is 0.352 e. The molecule has 1 aromatic heterocycles. The molecule has 162 valence electrons. The fraction of sp³-hybridized carbons (Fsp3) is 0.400. The van der Waals surface area contributed by atoms with Crippen LogP contribution in [0, 0.1) is 6.92 Å². The van der Waals surface area contributed by atoms with E-state index in [1.54, 1.807) is 0 Å². The second kappa shape index (κ2) is 9.33. The number of nitrogens with zero attached hydrogens (tertiary/aromatic N) is 3. The van der Waals surface area contributed by atoms with Crippen LogP contribution in [0.5, 0.6) is 0 Å². The molecule has 2 amide bonds. The first-order valence-corrected chi connectivity index (χ1v) is 11.1. The van der Waals surface area contributed by atoms with E-state index in [0.29, 0.717) is 18.5 Å². The molecule has 6 heteroatoms. The summed E-state index contributed by atoms with van der Waals surface area (Å²) in [7, 11) is 0. The molecule has 1 N–H and O–H groups in total. The Labute approximate surface area is 183 Å². The van der Waals surface area contributed by atoms with Gasteiger partial charge in [-0.15, -0.1) is 0 Å². The van der Waals surface area contributed by atoms with Crippen LogP contribution in [0.2, 0.25) is 0 Å². The number of imidazole rings is 1. The minimum Gasteiger partial charge on any atom is -0.352 e. The molecule has 1 fully saturated rings. The molecular formula is C25H30N4O2. The van der Waals surface area contributed by atoms with Crippen LogP contribution < -0.4 is 5.32 Å². The minimum absolute atomic E-state index is 0.0843. The number of rotatable bonds is 6. The van der Waals surface area contributed by atoms with E-state index >= 15 is 0 Å². The molecule has 1 atom stereocenters. The summed E-state index contributed by atoms with van der Waals surface area (Å²) < 4.78 is 2.01. The van der Waals surface area contributed by atoms with Gasteiger partial charge in [0.05, 0.1) is 11.0 Å². The van der Waals surface area contributed by atoms with Gasteiger partial charge in [-0.3, -0.25) is 9.59 Å². The zero-order valence-electron chi connectivity index (χ0n) is 18.3. The molecule has 0 radical (unpaired) electrons. The number of hydrogen-bond acceptors (Lipinski definition) is 3. The number of carbonyl (C=O) groups is 2. The van der Waals surface area contributed by atoms with Gasteiger partial charge in [-0.1, -0.05) is 30.3 Å². The monoisotopic (exact) mass is 418 g/mol. The van der Waals surface area contributed by atoms with Crippen molar-refractivity contribution in [2.45, 2.75) is 52.1 Å². The molecular weight excluding hydrogens is 388 g/mol. The van der Waals surface area contributed by atoms with Crippen molar-refractivity contribution in [2.75, 3.05) is 13.1 Å². The van der Waals surface area contributed by atoms with E-state index < -0.39 is 0 Å². The highest BCUT2D eigenvalue weighted by Gasteiger charge is 2.24. The van der Waals surface area contributed by atoms with Crippen molar-refractivity contribution >= 4 is 22.8 Å². The Hall–Kier alpha value is -3.15. The van der Waals surface area contributed by atoms with Crippen molar-refractivity contribution < 1.29 is 9.59 Å². The van der Waals surface area contributed by atoms with Crippen molar-refractivity contribution in [2.24, 2.45) is 0 Å². The summed E-state index contributed by atoms with van der Waals surface area (Å²) in [6.07, 6.45) is 3.88. The number of carbonyl (C=O) groups excluding carboxylic acids is 2. The van der Waals surface area contributed by atoms with E-state index in [0.717, 1.165) is 41.8 Å². The van der Waals surface area contributed by atoms with Gasteiger partial charge >= 0.3 is 0 Å². The van der Waals surface area contributed by atoms with E-state index in [1.807, 2.05) is 64.9 Å². The molecule has 1 saturated heterocycles. The molecule has 0 aliphatic carbocycles. The Morgan fingerprint density at radius 3 is 2.68 bits per heavy atom. The first kappa shape index (κ1) is 21.1. The maximum absolute atomic E-state index is 13.1. The molecule has 31 heavy (non-hydrogen) atoms. The lowest BCUT2D eigenvalue weighted by molar-refractivity contribution is -0.135. The molecule has 0 spiro atoms. The van der Waals surface area contributed by atoms with Gasteiger partial charge in [0.25, 0.3) is 5.91 Å². The minimum atomic E-state index is -0.0843. The number of aromatic nitrogens is 2. The third kappa shape index (κ3) is 4.63. The SMILES string of the molecule is Cc1ccccc1C(=O)NCCc1nc2ccccc2n1CC(=O)N1CCCCC1C. The Bertz CT molecular complexity index is 1090. The molecule has 2 heterocycles. The number of para-hydroxylation sites is 2. The van der Waals surface area contributed by atoms with Crippen molar-refractivity contribution in [1.82, 2.24) is 19.8 Å². The van der Waals surface area contributed by atoms with Crippen molar-refractivity contribution in [3.05, 3.63) is 65.5 Å². The predicted octanol–water partition coefficient (Wildman–Crippen LogP) is 3.72. The fourth-order valence-corrected chi connectivity index (χ4v) is 4.40. The smallest absolute Gasteiger partial charge is 0.251 e. The average Bonchev–Trinajstić information content (AvgIpc) is 3.11.